The molecule has 0 saturated heterocycles. The summed E-state index contributed by atoms with van der Waals surface area (Å²) in [6.07, 6.45) is 7.10. The Bertz CT molecular complexity index is 1640. The van der Waals surface area contributed by atoms with E-state index in [1.165, 1.54) is 0 Å². The molecule has 6 rings (SSSR count). The van der Waals surface area contributed by atoms with Gasteiger partial charge in [-0.15, -0.1) is 0 Å². The van der Waals surface area contributed by atoms with Crippen LogP contribution in [0.2, 0.25) is 0 Å². The zero-order valence-corrected chi connectivity index (χ0v) is 18.1. The Morgan fingerprint density at radius 1 is 0.471 bits per heavy atom. The summed E-state index contributed by atoms with van der Waals surface area (Å²) in [5.41, 5.74) is 6.51. The number of hydrogen-bond acceptors (Lipinski definition) is 5. The normalized spacial score (nSPS) is 10.7. The van der Waals surface area contributed by atoms with Gasteiger partial charge in [0.15, 0.2) is 0 Å². The molecule has 0 N–H and O–H groups in total. The standard InChI is InChI=1S/C29H17N5/c1-3-13-30-24(7-1)26-17-20(18-27(34-26)25-8-2-4-14-31-25)9-10-21-16-23-12-11-22-6-5-15-32-28(22)29(23)33-19-21/h1-8,11-19H. The molecule has 5 heterocycles. The fourth-order valence-electron chi connectivity index (χ4n) is 3.84. The van der Waals surface area contributed by atoms with Gasteiger partial charge in [-0.25, -0.2) is 4.98 Å². The highest BCUT2D eigenvalue weighted by Gasteiger charge is 2.08. The van der Waals surface area contributed by atoms with Crippen LogP contribution in [0.25, 0.3) is 44.6 Å². The highest BCUT2D eigenvalue weighted by molar-refractivity contribution is 6.02. The summed E-state index contributed by atoms with van der Waals surface area (Å²) in [5, 5.41) is 2.08. The average molecular weight is 435 g/mol. The molecule has 0 fully saturated rings. The van der Waals surface area contributed by atoms with Gasteiger partial charge in [-0.2, -0.15) is 0 Å². The summed E-state index contributed by atoms with van der Waals surface area (Å²) in [5.74, 6) is 6.54. The first-order chi connectivity index (χ1) is 16.8. The van der Waals surface area contributed by atoms with Crippen LogP contribution in [0.1, 0.15) is 11.1 Å². The van der Waals surface area contributed by atoms with Gasteiger partial charge >= 0.3 is 0 Å². The lowest BCUT2D eigenvalue weighted by Gasteiger charge is -2.06. The summed E-state index contributed by atoms with van der Waals surface area (Å²) in [6, 6.07) is 25.6. The molecule has 0 atom stereocenters. The number of nitrogens with zero attached hydrogens (tertiary/aromatic N) is 5. The fraction of sp³-hybridized carbons (Fsp3) is 0. The molecule has 0 aliphatic carbocycles. The molecule has 0 radical (unpaired) electrons. The lowest BCUT2D eigenvalue weighted by Crippen LogP contribution is -1.94. The van der Waals surface area contributed by atoms with E-state index in [-0.39, 0.29) is 0 Å². The van der Waals surface area contributed by atoms with Gasteiger partial charge in [-0.05, 0) is 48.5 Å². The molecular formula is C29H17N5. The van der Waals surface area contributed by atoms with Crippen molar-refractivity contribution in [2.24, 2.45) is 0 Å². The molecule has 5 nitrogen and oxygen atoms in total. The molecule has 0 aliphatic rings. The van der Waals surface area contributed by atoms with Crippen molar-refractivity contribution >= 4 is 21.8 Å². The minimum Gasteiger partial charge on any atom is -0.255 e. The smallest absolute Gasteiger partial charge is 0.0965 e. The zero-order chi connectivity index (χ0) is 22.7. The van der Waals surface area contributed by atoms with E-state index in [9.17, 15) is 0 Å². The Kier molecular flexibility index (Phi) is 4.95. The van der Waals surface area contributed by atoms with E-state index in [1.54, 1.807) is 24.8 Å². The SMILES string of the molecule is C(#Cc1cnc2c(ccc3cccnc32)c1)c1cc(-c2ccccn2)nc(-c2ccccn2)c1. The Balaban J connectivity index is 1.44. The van der Waals surface area contributed by atoms with Crippen molar-refractivity contribution in [1.82, 2.24) is 24.9 Å². The molecule has 0 spiro atoms. The third-order valence-corrected chi connectivity index (χ3v) is 5.45. The molecule has 0 unspecified atom stereocenters. The molecule has 0 bridgehead atoms. The molecule has 0 saturated carbocycles. The van der Waals surface area contributed by atoms with Crippen molar-refractivity contribution in [3.05, 3.63) is 115 Å². The maximum Gasteiger partial charge on any atom is 0.0965 e. The summed E-state index contributed by atoms with van der Waals surface area (Å²) in [7, 11) is 0. The summed E-state index contributed by atoms with van der Waals surface area (Å²) in [6.45, 7) is 0. The predicted molar refractivity (Wildman–Crippen MR) is 134 cm³/mol. The molecule has 5 heteroatoms. The van der Waals surface area contributed by atoms with Crippen LogP contribution in [0.3, 0.4) is 0 Å². The monoisotopic (exact) mass is 435 g/mol. The van der Waals surface area contributed by atoms with Crippen molar-refractivity contribution in [2.45, 2.75) is 0 Å². The Morgan fingerprint density at radius 3 is 1.82 bits per heavy atom. The number of rotatable bonds is 2. The molecule has 1 aromatic carbocycles. The van der Waals surface area contributed by atoms with Crippen LogP contribution in [-0.2, 0) is 0 Å². The van der Waals surface area contributed by atoms with E-state index in [1.807, 2.05) is 66.7 Å². The Labute approximate surface area is 196 Å². The second-order valence-electron chi connectivity index (χ2n) is 7.74. The van der Waals surface area contributed by atoms with Crippen molar-refractivity contribution in [2.75, 3.05) is 0 Å². The topological polar surface area (TPSA) is 64.5 Å². The van der Waals surface area contributed by atoms with Crippen LogP contribution in [-0.4, -0.2) is 24.9 Å². The maximum atomic E-state index is 4.79. The van der Waals surface area contributed by atoms with Crippen LogP contribution in [0.5, 0.6) is 0 Å². The van der Waals surface area contributed by atoms with Crippen LogP contribution in [0, 0.1) is 11.8 Å². The molecular weight excluding hydrogens is 418 g/mol. The van der Waals surface area contributed by atoms with Gasteiger partial charge in [0.1, 0.15) is 0 Å². The molecule has 0 aliphatic heterocycles. The highest BCUT2D eigenvalue weighted by Crippen LogP contribution is 2.24. The second kappa shape index (κ2) is 8.53. The molecule has 5 aromatic heterocycles. The summed E-state index contributed by atoms with van der Waals surface area (Å²) >= 11 is 0. The summed E-state index contributed by atoms with van der Waals surface area (Å²) in [4.78, 5) is 22.8. The molecule has 0 amide bonds. The van der Waals surface area contributed by atoms with Gasteiger partial charge in [0.2, 0.25) is 0 Å². The van der Waals surface area contributed by atoms with Gasteiger partial charge < -0.3 is 0 Å². The molecule has 34 heavy (non-hydrogen) atoms. The van der Waals surface area contributed by atoms with Crippen molar-refractivity contribution in [3.63, 3.8) is 0 Å². The summed E-state index contributed by atoms with van der Waals surface area (Å²) < 4.78 is 0. The van der Waals surface area contributed by atoms with E-state index in [4.69, 9.17) is 4.98 Å². The first kappa shape index (κ1) is 19.7. The first-order valence-electron chi connectivity index (χ1n) is 10.8. The van der Waals surface area contributed by atoms with Crippen LogP contribution in [0.4, 0.5) is 0 Å². The van der Waals surface area contributed by atoms with Crippen LogP contribution in [0.15, 0.2) is 104 Å². The first-order valence-corrected chi connectivity index (χ1v) is 10.8. The van der Waals surface area contributed by atoms with Gasteiger partial charge in [0.25, 0.3) is 0 Å². The Morgan fingerprint density at radius 2 is 1.12 bits per heavy atom. The molecule has 158 valence electrons. The minimum atomic E-state index is 0.752. The lowest BCUT2D eigenvalue weighted by atomic mass is 10.1. The largest absolute Gasteiger partial charge is 0.255 e. The number of aromatic nitrogens is 5. The van der Waals surface area contributed by atoms with Crippen LogP contribution < -0.4 is 0 Å². The Hall–Kier alpha value is -4.95. The van der Waals surface area contributed by atoms with Crippen molar-refractivity contribution < 1.29 is 0 Å². The third-order valence-electron chi connectivity index (χ3n) is 5.45. The van der Waals surface area contributed by atoms with Gasteiger partial charge in [-0.3, -0.25) is 19.9 Å². The number of pyridine rings is 5. The average Bonchev–Trinajstić information content (AvgIpc) is 2.92. The lowest BCUT2D eigenvalue weighted by molar-refractivity contribution is 1.21. The third kappa shape index (κ3) is 3.85. The minimum absolute atomic E-state index is 0.752. The second-order valence-corrected chi connectivity index (χ2v) is 7.74. The fourth-order valence-corrected chi connectivity index (χ4v) is 3.84. The van der Waals surface area contributed by atoms with Gasteiger partial charge in [0, 0.05) is 46.7 Å². The van der Waals surface area contributed by atoms with E-state index in [0.717, 1.165) is 55.7 Å². The molecule has 6 aromatic rings. The van der Waals surface area contributed by atoms with Gasteiger partial charge in [0.05, 0.1) is 33.8 Å². The zero-order valence-electron chi connectivity index (χ0n) is 18.1. The van der Waals surface area contributed by atoms with E-state index >= 15 is 0 Å². The highest BCUT2D eigenvalue weighted by atomic mass is 14.8. The maximum absolute atomic E-state index is 4.79. The van der Waals surface area contributed by atoms with E-state index in [2.05, 4.69) is 43.9 Å². The number of hydrogen-bond donors (Lipinski definition) is 0. The number of fused-ring (bicyclic) bond motifs is 3. The predicted octanol–water partition coefficient (Wildman–Crippen LogP) is 5.70. The quantitative estimate of drug-likeness (QED) is 0.258. The van der Waals surface area contributed by atoms with E-state index in [0.29, 0.717) is 0 Å². The van der Waals surface area contributed by atoms with Gasteiger partial charge in [-0.1, -0.05) is 42.2 Å². The number of benzene rings is 1. The van der Waals surface area contributed by atoms with Crippen LogP contribution >= 0.6 is 0 Å². The van der Waals surface area contributed by atoms with E-state index < -0.39 is 0 Å². The van der Waals surface area contributed by atoms with Crippen molar-refractivity contribution in [3.8, 4) is 34.6 Å². The van der Waals surface area contributed by atoms with Crippen molar-refractivity contribution in [1.29, 1.82) is 0 Å².